The summed E-state index contributed by atoms with van der Waals surface area (Å²) in [6, 6.07) is 0. The van der Waals surface area contributed by atoms with Crippen LogP contribution >= 0.6 is 0 Å². The van der Waals surface area contributed by atoms with Gasteiger partial charge in [0.25, 0.3) is 0 Å². The summed E-state index contributed by atoms with van der Waals surface area (Å²) in [7, 11) is 2.60. The molecule has 0 aromatic heterocycles. The standard InChI is InChI=1S/C21H42BN/c1-13(14(2)19(3,4)5)18(15-11-23-12-15)21(9,22)17-10-16(17)20(6,7)8/h13-18,23H,10-12,22H2,1-9H3. The first kappa shape index (κ1) is 19.4. The van der Waals surface area contributed by atoms with Crippen LogP contribution in [0.3, 0.4) is 0 Å². The summed E-state index contributed by atoms with van der Waals surface area (Å²) in [5.74, 6) is 5.12. The summed E-state index contributed by atoms with van der Waals surface area (Å²) in [5.41, 5.74) is 0.876. The molecule has 0 amide bonds. The van der Waals surface area contributed by atoms with Crippen molar-refractivity contribution in [3.05, 3.63) is 0 Å². The monoisotopic (exact) mass is 319 g/mol. The molecule has 0 spiro atoms. The van der Waals surface area contributed by atoms with Gasteiger partial charge in [-0.3, -0.25) is 0 Å². The third kappa shape index (κ3) is 3.83. The van der Waals surface area contributed by atoms with Gasteiger partial charge in [0.2, 0.25) is 0 Å². The van der Waals surface area contributed by atoms with Crippen LogP contribution in [-0.4, -0.2) is 20.9 Å². The van der Waals surface area contributed by atoms with Crippen molar-refractivity contribution in [1.29, 1.82) is 0 Å². The van der Waals surface area contributed by atoms with E-state index in [1.165, 1.54) is 19.5 Å². The highest BCUT2D eigenvalue weighted by molar-refractivity contribution is 6.15. The van der Waals surface area contributed by atoms with Gasteiger partial charge in [0.15, 0.2) is 0 Å². The minimum Gasteiger partial charge on any atom is -0.316 e. The van der Waals surface area contributed by atoms with Gasteiger partial charge in [0.05, 0.1) is 0 Å². The predicted octanol–water partition coefficient (Wildman–Crippen LogP) is 4.63. The van der Waals surface area contributed by atoms with Crippen LogP contribution in [0, 0.1) is 46.3 Å². The molecule has 6 atom stereocenters. The van der Waals surface area contributed by atoms with Crippen LogP contribution in [0.1, 0.15) is 68.7 Å². The normalized spacial score (nSPS) is 32.6. The maximum absolute atomic E-state index is 3.55. The van der Waals surface area contributed by atoms with E-state index in [4.69, 9.17) is 0 Å². The third-order valence-electron chi connectivity index (χ3n) is 7.76. The van der Waals surface area contributed by atoms with Crippen molar-refractivity contribution in [3.8, 4) is 0 Å². The zero-order valence-corrected chi connectivity index (χ0v) is 17.6. The van der Waals surface area contributed by atoms with Crippen molar-refractivity contribution in [3.63, 3.8) is 0 Å². The Morgan fingerprint density at radius 1 is 0.913 bits per heavy atom. The molecule has 1 aliphatic heterocycles. The number of hydrogen-bond donors (Lipinski definition) is 1. The van der Waals surface area contributed by atoms with Crippen LogP contribution < -0.4 is 5.32 Å². The second-order valence-corrected chi connectivity index (χ2v) is 11.6. The van der Waals surface area contributed by atoms with E-state index in [0.717, 1.165) is 35.5 Å². The maximum atomic E-state index is 3.55. The molecular weight excluding hydrogens is 277 g/mol. The molecule has 2 rings (SSSR count). The molecule has 1 nitrogen and oxygen atoms in total. The fourth-order valence-corrected chi connectivity index (χ4v) is 5.60. The Morgan fingerprint density at radius 2 is 1.43 bits per heavy atom. The minimum absolute atomic E-state index is 0.401. The molecule has 0 aromatic rings. The molecule has 0 aromatic carbocycles. The summed E-state index contributed by atoms with van der Waals surface area (Å²) in [6.07, 6.45) is 1.45. The molecule has 0 bridgehead atoms. The summed E-state index contributed by atoms with van der Waals surface area (Å²) in [5, 5.41) is 4.01. The van der Waals surface area contributed by atoms with Crippen molar-refractivity contribution < 1.29 is 0 Å². The molecule has 2 heteroatoms. The molecule has 1 saturated heterocycles. The molecular formula is C21H42BN. The fourth-order valence-electron chi connectivity index (χ4n) is 5.60. The van der Waals surface area contributed by atoms with Gasteiger partial charge in [0.1, 0.15) is 7.85 Å². The second kappa shape index (κ2) is 6.08. The first-order chi connectivity index (χ1) is 10.3. The summed E-state index contributed by atoms with van der Waals surface area (Å²) in [4.78, 5) is 0. The quantitative estimate of drug-likeness (QED) is 0.728. The first-order valence-corrected chi connectivity index (χ1v) is 9.98. The third-order valence-corrected chi connectivity index (χ3v) is 7.76. The van der Waals surface area contributed by atoms with Gasteiger partial charge in [-0.15, -0.1) is 0 Å². The summed E-state index contributed by atoms with van der Waals surface area (Å²) >= 11 is 0. The van der Waals surface area contributed by atoms with E-state index in [1.807, 2.05) is 0 Å². The van der Waals surface area contributed by atoms with Gasteiger partial charge in [-0.05, 0) is 65.8 Å². The lowest BCUT2D eigenvalue weighted by Gasteiger charge is -2.51. The lowest BCUT2D eigenvalue weighted by molar-refractivity contribution is 0.0455. The smallest absolute Gasteiger partial charge is 0.109 e. The van der Waals surface area contributed by atoms with Gasteiger partial charge >= 0.3 is 0 Å². The van der Waals surface area contributed by atoms with Gasteiger partial charge in [0, 0.05) is 0 Å². The Balaban J connectivity index is 2.21. The number of rotatable bonds is 5. The van der Waals surface area contributed by atoms with E-state index in [0.29, 0.717) is 16.1 Å². The number of hydrogen-bond acceptors (Lipinski definition) is 1. The van der Waals surface area contributed by atoms with Crippen LogP contribution in [0.2, 0.25) is 5.31 Å². The van der Waals surface area contributed by atoms with Crippen molar-refractivity contribution in [2.24, 2.45) is 46.3 Å². The predicted molar refractivity (Wildman–Crippen MR) is 106 cm³/mol. The highest BCUT2D eigenvalue weighted by Gasteiger charge is 2.57. The van der Waals surface area contributed by atoms with Crippen LogP contribution in [-0.2, 0) is 0 Å². The van der Waals surface area contributed by atoms with Crippen molar-refractivity contribution in [1.82, 2.24) is 5.32 Å². The molecule has 1 heterocycles. The summed E-state index contributed by atoms with van der Waals surface area (Å²) in [6.45, 7) is 24.7. The molecule has 6 unspecified atom stereocenters. The minimum atomic E-state index is 0.401. The average Bonchev–Trinajstić information content (AvgIpc) is 3.10. The SMILES string of the molecule is BC(C)(C1CC1C(C)(C)C)C(C1CNC1)C(C)C(C)C(C)(C)C. The van der Waals surface area contributed by atoms with E-state index in [2.05, 4.69) is 75.5 Å². The molecule has 1 aliphatic carbocycles. The van der Waals surface area contributed by atoms with Crippen LogP contribution in [0.25, 0.3) is 0 Å². The second-order valence-electron chi connectivity index (χ2n) is 11.6. The Hall–Kier alpha value is 0.0249. The molecule has 2 aliphatic rings. The molecule has 1 saturated carbocycles. The lowest BCUT2D eigenvalue weighted by atomic mass is 9.48. The topological polar surface area (TPSA) is 12.0 Å². The average molecular weight is 319 g/mol. The van der Waals surface area contributed by atoms with E-state index < -0.39 is 0 Å². The van der Waals surface area contributed by atoms with Crippen LogP contribution in [0.4, 0.5) is 0 Å². The zero-order valence-electron chi connectivity index (χ0n) is 17.6. The molecule has 134 valence electrons. The van der Waals surface area contributed by atoms with Crippen molar-refractivity contribution in [2.75, 3.05) is 13.1 Å². The fraction of sp³-hybridized carbons (Fsp3) is 1.00. The Bertz CT molecular complexity index is 411. The molecule has 0 radical (unpaired) electrons. The Kier molecular flexibility index (Phi) is 5.11. The van der Waals surface area contributed by atoms with Crippen molar-refractivity contribution >= 4 is 7.85 Å². The van der Waals surface area contributed by atoms with Crippen LogP contribution in [0.15, 0.2) is 0 Å². The highest BCUT2D eigenvalue weighted by Crippen LogP contribution is 2.66. The number of nitrogens with one attached hydrogen (secondary N) is 1. The summed E-state index contributed by atoms with van der Waals surface area (Å²) < 4.78 is 0. The lowest BCUT2D eigenvalue weighted by Crippen LogP contribution is -2.53. The largest absolute Gasteiger partial charge is 0.316 e. The molecule has 2 fully saturated rings. The van der Waals surface area contributed by atoms with Gasteiger partial charge in [-0.2, -0.15) is 0 Å². The van der Waals surface area contributed by atoms with E-state index in [1.54, 1.807) is 0 Å². The molecule has 23 heavy (non-hydrogen) atoms. The first-order valence-electron chi connectivity index (χ1n) is 9.98. The molecule has 1 N–H and O–H groups in total. The highest BCUT2D eigenvalue weighted by atomic mass is 15.0. The maximum Gasteiger partial charge on any atom is 0.109 e. The zero-order chi connectivity index (χ0) is 17.8. The van der Waals surface area contributed by atoms with Crippen molar-refractivity contribution in [2.45, 2.75) is 74.0 Å². The Labute approximate surface area is 147 Å². The van der Waals surface area contributed by atoms with Gasteiger partial charge < -0.3 is 5.32 Å². The van der Waals surface area contributed by atoms with E-state index in [-0.39, 0.29) is 0 Å². The van der Waals surface area contributed by atoms with Gasteiger partial charge in [-0.25, -0.2) is 0 Å². The van der Waals surface area contributed by atoms with Crippen LogP contribution in [0.5, 0.6) is 0 Å². The van der Waals surface area contributed by atoms with Gasteiger partial charge in [-0.1, -0.05) is 67.6 Å². The van der Waals surface area contributed by atoms with E-state index in [9.17, 15) is 0 Å². The Morgan fingerprint density at radius 3 is 1.74 bits per heavy atom. The van der Waals surface area contributed by atoms with E-state index >= 15 is 0 Å².